The maximum atomic E-state index is 12.6. The SMILES string of the molecule is CCCC(C)CC(=O)NNC(=O)c1cccc(S(=O)(=O)Nc2ccc(OC)cc2)c1. The Bertz CT molecular complexity index is 974. The summed E-state index contributed by atoms with van der Waals surface area (Å²) in [4.78, 5) is 24.1. The lowest BCUT2D eigenvalue weighted by atomic mass is 10.0. The maximum absolute atomic E-state index is 12.6. The molecule has 0 aromatic heterocycles. The van der Waals surface area contributed by atoms with Crippen molar-refractivity contribution in [3.8, 4) is 5.75 Å². The summed E-state index contributed by atoms with van der Waals surface area (Å²) in [6, 6.07) is 12.0. The summed E-state index contributed by atoms with van der Waals surface area (Å²) in [6.45, 7) is 4.01. The van der Waals surface area contributed by atoms with Gasteiger partial charge in [-0.3, -0.25) is 25.2 Å². The minimum Gasteiger partial charge on any atom is -0.497 e. The lowest BCUT2D eigenvalue weighted by Gasteiger charge is -2.12. The molecular weight excluding hydrogens is 406 g/mol. The topological polar surface area (TPSA) is 114 Å². The lowest BCUT2D eigenvalue weighted by Crippen LogP contribution is -2.42. The zero-order valence-corrected chi connectivity index (χ0v) is 18.1. The van der Waals surface area contributed by atoms with Crippen molar-refractivity contribution in [1.82, 2.24) is 10.9 Å². The van der Waals surface area contributed by atoms with Crippen molar-refractivity contribution in [3.63, 3.8) is 0 Å². The lowest BCUT2D eigenvalue weighted by molar-refractivity contribution is -0.122. The third kappa shape index (κ3) is 6.77. The molecule has 1 atom stereocenters. The fourth-order valence-corrected chi connectivity index (χ4v) is 3.94. The van der Waals surface area contributed by atoms with Gasteiger partial charge in [-0.25, -0.2) is 8.42 Å². The second kappa shape index (κ2) is 10.6. The molecule has 0 saturated carbocycles. The average Bonchev–Trinajstić information content (AvgIpc) is 2.72. The predicted octanol–water partition coefficient (Wildman–Crippen LogP) is 3.08. The van der Waals surface area contributed by atoms with Gasteiger partial charge in [0, 0.05) is 17.7 Å². The first kappa shape index (κ1) is 23.2. The molecule has 0 aliphatic heterocycles. The zero-order chi connectivity index (χ0) is 22.1. The van der Waals surface area contributed by atoms with Crippen LogP contribution in [0.25, 0.3) is 0 Å². The Morgan fingerprint density at radius 3 is 2.40 bits per heavy atom. The van der Waals surface area contributed by atoms with Gasteiger partial charge in [-0.15, -0.1) is 0 Å². The number of hydrogen-bond acceptors (Lipinski definition) is 5. The molecule has 2 rings (SSSR count). The summed E-state index contributed by atoms with van der Waals surface area (Å²) in [7, 11) is -2.38. The first-order valence-corrected chi connectivity index (χ1v) is 11.1. The van der Waals surface area contributed by atoms with Crippen LogP contribution in [-0.2, 0) is 14.8 Å². The molecule has 162 valence electrons. The second-order valence-electron chi connectivity index (χ2n) is 6.96. The molecule has 0 spiro atoms. The van der Waals surface area contributed by atoms with E-state index in [-0.39, 0.29) is 22.3 Å². The minimum atomic E-state index is -3.90. The number of methoxy groups -OCH3 is 1. The monoisotopic (exact) mass is 433 g/mol. The molecular formula is C21H27N3O5S. The number of amides is 2. The standard InChI is InChI=1S/C21H27N3O5S/c1-4-6-15(2)13-20(25)22-23-21(26)16-7-5-8-19(14-16)30(27,28)24-17-9-11-18(29-3)12-10-17/h5,7-12,14-15,24H,4,6,13H2,1-3H3,(H,22,25)(H,23,26). The Hall–Kier alpha value is -3.07. The van der Waals surface area contributed by atoms with Gasteiger partial charge in [0.05, 0.1) is 12.0 Å². The Balaban J connectivity index is 2.03. The third-order valence-electron chi connectivity index (χ3n) is 4.38. The van der Waals surface area contributed by atoms with Crippen molar-refractivity contribution >= 4 is 27.5 Å². The van der Waals surface area contributed by atoms with Crippen molar-refractivity contribution in [2.45, 2.75) is 38.0 Å². The van der Waals surface area contributed by atoms with E-state index in [1.54, 1.807) is 24.3 Å². The summed E-state index contributed by atoms with van der Waals surface area (Å²) in [5.74, 6) is -0.0885. The van der Waals surface area contributed by atoms with Gasteiger partial charge in [-0.2, -0.15) is 0 Å². The Morgan fingerprint density at radius 2 is 1.77 bits per heavy atom. The predicted molar refractivity (Wildman–Crippen MR) is 115 cm³/mol. The van der Waals surface area contributed by atoms with Crippen LogP contribution in [0.15, 0.2) is 53.4 Å². The van der Waals surface area contributed by atoms with Crippen LogP contribution in [0.2, 0.25) is 0 Å². The van der Waals surface area contributed by atoms with Crippen molar-refractivity contribution in [3.05, 3.63) is 54.1 Å². The van der Waals surface area contributed by atoms with Gasteiger partial charge in [0.15, 0.2) is 0 Å². The molecule has 0 radical (unpaired) electrons. The molecule has 0 aliphatic rings. The van der Waals surface area contributed by atoms with Gasteiger partial charge in [0.2, 0.25) is 5.91 Å². The van der Waals surface area contributed by atoms with Gasteiger partial charge < -0.3 is 4.74 Å². The third-order valence-corrected chi connectivity index (χ3v) is 5.76. The van der Waals surface area contributed by atoms with Gasteiger partial charge in [-0.05, 0) is 48.4 Å². The van der Waals surface area contributed by atoms with Crippen LogP contribution >= 0.6 is 0 Å². The van der Waals surface area contributed by atoms with Gasteiger partial charge in [0.25, 0.3) is 15.9 Å². The smallest absolute Gasteiger partial charge is 0.269 e. The molecule has 0 heterocycles. The number of benzene rings is 2. The first-order chi connectivity index (χ1) is 14.2. The fraction of sp³-hybridized carbons (Fsp3) is 0.333. The van der Waals surface area contributed by atoms with Crippen molar-refractivity contribution < 1.29 is 22.7 Å². The van der Waals surface area contributed by atoms with Crippen LogP contribution in [0.5, 0.6) is 5.75 Å². The van der Waals surface area contributed by atoms with E-state index in [1.807, 2.05) is 13.8 Å². The molecule has 0 aliphatic carbocycles. The Morgan fingerprint density at radius 1 is 1.07 bits per heavy atom. The number of carbonyl (C=O) groups is 2. The molecule has 8 nitrogen and oxygen atoms in total. The number of anilines is 1. The van der Waals surface area contributed by atoms with E-state index in [0.717, 1.165) is 12.8 Å². The number of sulfonamides is 1. The zero-order valence-electron chi connectivity index (χ0n) is 17.3. The molecule has 2 amide bonds. The average molecular weight is 434 g/mol. The van der Waals surface area contributed by atoms with E-state index in [1.165, 1.54) is 31.4 Å². The summed E-state index contributed by atoms with van der Waals surface area (Å²) in [5, 5.41) is 0. The largest absolute Gasteiger partial charge is 0.497 e. The van der Waals surface area contributed by atoms with E-state index in [9.17, 15) is 18.0 Å². The number of nitrogens with one attached hydrogen (secondary N) is 3. The number of ether oxygens (including phenoxy) is 1. The first-order valence-electron chi connectivity index (χ1n) is 9.61. The molecule has 30 heavy (non-hydrogen) atoms. The highest BCUT2D eigenvalue weighted by molar-refractivity contribution is 7.92. The molecule has 0 fully saturated rings. The number of rotatable bonds is 9. The highest BCUT2D eigenvalue weighted by Gasteiger charge is 2.17. The highest BCUT2D eigenvalue weighted by atomic mass is 32.2. The second-order valence-corrected chi connectivity index (χ2v) is 8.64. The van der Waals surface area contributed by atoms with Crippen molar-refractivity contribution in [1.29, 1.82) is 0 Å². The van der Waals surface area contributed by atoms with E-state index in [4.69, 9.17) is 4.74 Å². The van der Waals surface area contributed by atoms with Crippen molar-refractivity contribution in [2.24, 2.45) is 5.92 Å². The molecule has 0 saturated heterocycles. The Labute approximate surface area is 177 Å². The number of hydrazine groups is 1. The highest BCUT2D eigenvalue weighted by Crippen LogP contribution is 2.20. The van der Waals surface area contributed by atoms with E-state index < -0.39 is 15.9 Å². The summed E-state index contributed by atoms with van der Waals surface area (Å²) in [6.07, 6.45) is 2.20. The molecule has 3 N–H and O–H groups in total. The van der Waals surface area contributed by atoms with Crippen LogP contribution in [0, 0.1) is 5.92 Å². The van der Waals surface area contributed by atoms with Crippen molar-refractivity contribution in [2.75, 3.05) is 11.8 Å². The maximum Gasteiger partial charge on any atom is 0.269 e. The fourth-order valence-electron chi connectivity index (χ4n) is 2.84. The molecule has 9 heteroatoms. The molecule has 0 bridgehead atoms. The van der Waals surface area contributed by atoms with E-state index in [2.05, 4.69) is 15.6 Å². The van der Waals surface area contributed by atoms with Crippen LogP contribution in [0.4, 0.5) is 5.69 Å². The van der Waals surface area contributed by atoms with E-state index in [0.29, 0.717) is 17.9 Å². The Kier molecular flexibility index (Phi) is 8.23. The summed E-state index contributed by atoms with van der Waals surface area (Å²) in [5.41, 5.74) is 5.15. The normalized spacial score (nSPS) is 12.0. The molecule has 2 aromatic carbocycles. The van der Waals surface area contributed by atoms with Crippen LogP contribution in [0.1, 0.15) is 43.5 Å². The van der Waals surface area contributed by atoms with Crippen LogP contribution in [-0.4, -0.2) is 27.3 Å². The molecule has 2 aromatic rings. The summed E-state index contributed by atoms with van der Waals surface area (Å²) >= 11 is 0. The van der Waals surface area contributed by atoms with Gasteiger partial charge in [-0.1, -0.05) is 32.8 Å². The quantitative estimate of drug-likeness (QED) is 0.526. The van der Waals surface area contributed by atoms with E-state index >= 15 is 0 Å². The van der Waals surface area contributed by atoms with Crippen LogP contribution < -0.4 is 20.3 Å². The summed E-state index contributed by atoms with van der Waals surface area (Å²) < 4.78 is 32.8. The van der Waals surface area contributed by atoms with Gasteiger partial charge in [0.1, 0.15) is 5.75 Å². The number of carbonyl (C=O) groups excluding carboxylic acids is 2. The van der Waals surface area contributed by atoms with Crippen LogP contribution in [0.3, 0.4) is 0 Å². The molecule has 1 unspecified atom stereocenters. The van der Waals surface area contributed by atoms with Gasteiger partial charge >= 0.3 is 0 Å². The minimum absolute atomic E-state index is 0.0751. The number of hydrogen-bond donors (Lipinski definition) is 3.